The van der Waals surface area contributed by atoms with Gasteiger partial charge in [0.05, 0.1) is 6.26 Å². The van der Waals surface area contributed by atoms with Gasteiger partial charge in [-0.2, -0.15) is 5.10 Å². The Morgan fingerprint density at radius 2 is 2.44 bits per heavy atom. The lowest BCUT2D eigenvalue weighted by atomic mass is 10.0. The molecule has 0 aromatic carbocycles. The second kappa shape index (κ2) is 4.66. The molecule has 6 nitrogen and oxygen atoms in total. The minimum Gasteiger partial charge on any atom is -0.463 e. The summed E-state index contributed by atoms with van der Waals surface area (Å²) in [6.45, 7) is 2.63. The molecule has 2 aromatic heterocycles. The van der Waals surface area contributed by atoms with Crippen LogP contribution in [0.25, 0.3) is 11.5 Å². The van der Waals surface area contributed by atoms with Crippen molar-refractivity contribution in [1.29, 1.82) is 0 Å². The van der Waals surface area contributed by atoms with Gasteiger partial charge in [-0.1, -0.05) is 0 Å². The number of furan rings is 1. The van der Waals surface area contributed by atoms with Crippen LogP contribution in [-0.2, 0) is 0 Å². The van der Waals surface area contributed by atoms with E-state index in [0.29, 0.717) is 29.6 Å². The molecule has 1 aliphatic heterocycles. The molecular formula is C12H14N4O2. The Balaban J connectivity index is 1.63. The van der Waals surface area contributed by atoms with Crippen LogP contribution in [0.5, 0.6) is 0 Å². The quantitative estimate of drug-likeness (QED) is 0.738. The summed E-state index contributed by atoms with van der Waals surface area (Å²) < 4.78 is 5.23. The number of aromatic amines is 1. The minimum atomic E-state index is -0.157. The van der Waals surface area contributed by atoms with Crippen molar-refractivity contribution in [3.05, 3.63) is 30.2 Å². The summed E-state index contributed by atoms with van der Waals surface area (Å²) in [5.74, 6) is 1.05. The fraction of sp³-hybridized carbons (Fsp3) is 0.333. The van der Waals surface area contributed by atoms with Crippen molar-refractivity contribution >= 4 is 5.91 Å². The molecule has 0 saturated carbocycles. The predicted octanol–water partition coefficient (Wildman–Crippen LogP) is 0.619. The topological polar surface area (TPSA) is 83.0 Å². The van der Waals surface area contributed by atoms with E-state index in [0.717, 1.165) is 13.1 Å². The Kier molecular flexibility index (Phi) is 2.85. The van der Waals surface area contributed by atoms with Crippen molar-refractivity contribution in [2.75, 3.05) is 19.6 Å². The maximum atomic E-state index is 11.8. The molecule has 3 heterocycles. The Bertz CT molecular complexity index is 528. The lowest BCUT2D eigenvalue weighted by molar-refractivity contribution is 0.0937. The molecule has 18 heavy (non-hydrogen) atoms. The first kappa shape index (κ1) is 11.0. The van der Waals surface area contributed by atoms with Crippen molar-refractivity contribution in [3.8, 4) is 11.5 Å². The molecule has 1 fully saturated rings. The molecule has 0 spiro atoms. The zero-order valence-corrected chi connectivity index (χ0v) is 9.77. The first-order valence-electron chi connectivity index (χ1n) is 5.91. The highest BCUT2D eigenvalue weighted by atomic mass is 16.3. The van der Waals surface area contributed by atoms with Gasteiger partial charge < -0.3 is 15.1 Å². The molecule has 1 aliphatic rings. The average molecular weight is 246 g/mol. The van der Waals surface area contributed by atoms with Gasteiger partial charge >= 0.3 is 0 Å². The van der Waals surface area contributed by atoms with Crippen molar-refractivity contribution in [2.24, 2.45) is 5.92 Å². The number of carbonyl (C=O) groups is 1. The van der Waals surface area contributed by atoms with Crippen molar-refractivity contribution in [2.45, 2.75) is 0 Å². The third-order valence-corrected chi connectivity index (χ3v) is 3.01. The Hall–Kier alpha value is -2.08. The van der Waals surface area contributed by atoms with Crippen LogP contribution in [0.15, 0.2) is 28.9 Å². The second-order valence-electron chi connectivity index (χ2n) is 4.38. The minimum absolute atomic E-state index is 0.157. The number of aromatic nitrogens is 2. The van der Waals surface area contributed by atoms with Gasteiger partial charge in [0.15, 0.2) is 11.5 Å². The zero-order valence-electron chi connectivity index (χ0n) is 9.77. The summed E-state index contributed by atoms with van der Waals surface area (Å²) >= 11 is 0. The summed E-state index contributed by atoms with van der Waals surface area (Å²) in [6.07, 6.45) is 1.58. The number of amides is 1. The Morgan fingerprint density at radius 3 is 3.11 bits per heavy atom. The number of carbonyl (C=O) groups excluding carboxylic acids is 1. The van der Waals surface area contributed by atoms with Crippen LogP contribution < -0.4 is 10.6 Å². The van der Waals surface area contributed by atoms with E-state index < -0.39 is 0 Å². The lowest BCUT2D eigenvalue weighted by Gasteiger charge is -2.26. The number of rotatable bonds is 4. The highest BCUT2D eigenvalue weighted by Crippen LogP contribution is 2.17. The van der Waals surface area contributed by atoms with Crippen molar-refractivity contribution in [1.82, 2.24) is 20.8 Å². The van der Waals surface area contributed by atoms with Crippen LogP contribution in [0.1, 0.15) is 10.5 Å². The number of nitrogens with one attached hydrogen (secondary N) is 3. The van der Waals surface area contributed by atoms with E-state index in [-0.39, 0.29) is 5.91 Å². The molecule has 1 saturated heterocycles. The molecule has 6 heteroatoms. The summed E-state index contributed by atoms with van der Waals surface area (Å²) in [5.41, 5.74) is 1.09. The number of H-pyrrole nitrogens is 1. The largest absolute Gasteiger partial charge is 0.463 e. The van der Waals surface area contributed by atoms with E-state index in [2.05, 4.69) is 20.8 Å². The summed E-state index contributed by atoms with van der Waals surface area (Å²) in [7, 11) is 0. The van der Waals surface area contributed by atoms with Gasteiger partial charge in [0.25, 0.3) is 5.91 Å². The third kappa shape index (κ3) is 2.14. The molecule has 0 bridgehead atoms. The fourth-order valence-electron chi connectivity index (χ4n) is 1.82. The first-order chi connectivity index (χ1) is 8.83. The van der Waals surface area contributed by atoms with E-state index >= 15 is 0 Å². The molecule has 0 aliphatic carbocycles. The highest BCUT2D eigenvalue weighted by molar-refractivity contribution is 5.93. The monoisotopic (exact) mass is 246 g/mol. The maximum Gasteiger partial charge on any atom is 0.271 e. The smallest absolute Gasteiger partial charge is 0.271 e. The Labute approximate surface area is 104 Å². The van der Waals surface area contributed by atoms with Gasteiger partial charge in [0.1, 0.15) is 5.69 Å². The van der Waals surface area contributed by atoms with E-state index in [4.69, 9.17) is 4.42 Å². The molecule has 1 amide bonds. The fourth-order valence-corrected chi connectivity index (χ4v) is 1.82. The van der Waals surface area contributed by atoms with Gasteiger partial charge in [-0.25, -0.2) is 0 Å². The van der Waals surface area contributed by atoms with Crippen LogP contribution >= 0.6 is 0 Å². The van der Waals surface area contributed by atoms with Gasteiger partial charge in [0.2, 0.25) is 0 Å². The highest BCUT2D eigenvalue weighted by Gasteiger charge is 2.18. The molecule has 94 valence electrons. The van der Waals surface area contributed by atoms with Crippen molar-refractivity contribution in [3.63, 3.8) is 0 Å². The van der Waals surface area contributed by atoms with E-state index in [1.807, 2.05) is 6.07 Å². The molecule has 0 unspecified atom stereocenters. The zero-order chi connectivity index (χ0) is 12.4. The molecule has 2 aromatic rings. The van der Waals surface area contributed by atoms with Crippen LogP contribution in [0.2, 0.25) is 0 Å². The summed E-state index contributed by atoms with van der Waals surface area (Å²) in [5, 5.41) is 12.8. The van der Waals surface area contributed by atoms with Gasteiger partial charge in [-0.05, 0) is 12.1 Å². The predicted molar refractivity (Wildman–Crippen MR) is 65.0 cm³/mol. The number of hydrogen-bond donors (Lipinski definition) is 3. The molecule has 0 atom stereocenters. The molecule has 0 radical (unpaired) electrons. The van der Waals surface area contributed by atoms with Gasteiger partial charge in [-0.15, -0.1) is 0 Å². The van der Waals surface area contributed by atoms with E-state index in [1.165, 1.54) is 0 Å². The second-order valence-corrected chi connectivity index (χ2v) is 4.38. The molecule has 3 N–H and O–H groups in total. The summed E-state index contributed by atoms with van der Waals surface area (Å²) in [4.78, 5) is 11.8. The van der Waals surface area contributed by atoms with Crippen LogP contribution in [-0.4, -0.2) is 35.7 Å². The van der Waals surface area contributed by atoms with Crippen LogP contribution in [0, 0.1) is 5.92 Å². The molecule has 3 rings (SSSR count). The number of hydrogen-bond acceptors (Lipinski definition) is 4. The Morgan fingerprint density at radius 1 is 1.56 bits per heavy atom. The molecular weight excluding hydrogens is 232 g/mol. The average Bonchev–Trinajstić information content (AvgIpc) is 2.97. The van der Waals surface area contributed by atoms with Crippen LogP contribution in [0.4, 0.5) is 0 Å². The van der Waals surface area contributed by atoms with Gasteiger partial charge in [0, 0.05) is 31.6 Å². The van der Waals surface area contributed by atoms with E-state index in [1.54, 1.807) is 18.4 Å². The normalized spacial score (nSPS) is 15.3. The number of nitrogens with zero attached hydrogens (tertiary/aromatic N) is 1. The van der Waals surface area contributed by atoms with Crippen molar-refractivity contribution < 1.29 is 9.21 Å². The first-order valence-corrected chi connectivity index (χ1v) is 5.91. The lowest BCUT2D eigenvalue weighted by Crippen LogP contribution is -2.48. The standard InChI is InChI=1S/C12H14N4O2/c17-12(14-7-8-5-13-6-8)10-4-9(15-16-10)11-2-1-3-18-11/h1-4,8,13H,5-7H2,(H,14,17)(H,15,16). The summed E-state index contributed by atoms with van der Waals surface area (Å²) in [6, 6.07) is 5.29. The maximum absolute atomic E-state index is 11.8. The van der Waals surface area contributed by atoms with Crippen LogP contribution in [0.3, 0.4) is 0 Å². The third-order valence-electron chi connectivity index (χ3n) is 3.01. The van der Waals surface area contributed by atoms with Gasteiger partial charge in [-0.3, -0.25) is 9.89 Å². The SMILES string of the molecule is O=C(NCC1CNC1)c1cc(-c2ccco2)[nH]n1. The van der Waals surface area contributed by atoms with E-state index in [9.17, 15) is 4.79 Å².